The van der Waals surface area contributed by atoms with E-state index >= 15 is 0 Å². The smallest absolute Gasteiger partial charge is 0.306 e. The molecule has 22 heavy (non-hydrogen) atoms. The van der Waals surface area contributed by atoms with Crippen LogP contribution in [0.2, 0.25) is 0 Å². The molecule has 1 saturated carbocycles. The highest BCUT2D eigenvalue weighted by atomic mass is 16.6. The van der Waals surface area contributed by atoms with Gasteiger partial charge in [0.2, 0.25) is 5.91 Å². The molecule has 0 aromatic heterocycles. The quantitative estimate of drug-likeness (QED) is 0.733. The highest BCUT2D eigenvalue weighted by Gasteiger charge is 2.55. The summed E-state index contributed by atoms with van der Waals surface area (Å²) in [6, 6.07) is 0. The Morgan fingerprint density at radius 2 is 1.95 bits per heavy atom. The van der Waals surface area contributed by atoms with E-state index in [1.807, 2.05) is 25.7 Å². The third kappa shape index (κ3) is 2.66. The predicted octanol–water partition coefficient (Wildman–Crippen LogP) is 2.08. The number of carbonyl (C=O) groups excluding carboxylic acids is 3. The van der Waals surface area contributed by atoms with Gasteiger partial charge in [-0.15, -0.1) is 0 Å². The first kappa shape index (κ1) is 15.5. The maximum Gasteiger partial charge on any atom is 0.306 e. The molecule has 3 rings (SSSR count). The van der Waals surface area contributed by atoms with Crippen molar-refractivity contribution in [2.75, 3.05) is 6.54 Å². The van der Waals surface area contributed by atoms with Crippen LogP contribution in [0.15, 0.2) is 0 Å². The second-order valence-corrected chi connectivity index (χ2v) is 8.06. The Bertz CT molecular complexity index is 521. The van der Waals surface area contributed by atoms with Crippen LogP contribution in [-0.4, -0.2) is 40.2 Å². The molecule has 1 aliphatic carbocycles. The van der Waals surface area contributed by atoms with E-state index in [0.717, 1.165) is 19.3 Å². The van der Waals surface area contributed by atoms with Crippen molar-refractivity contribution in [1.29, 1.82) is 0 Å². The Balaban J connectivity index is 1.76. The van der Waals surface area contributed by atoms with Gasteiger partial charge in [0.15, 0.2) is 0 Å². The second kappa shape index (κ2) is 5.07. The lowest BCUT2D eigenvalue weighted by Gasteiger charge is -2.51. The van der Waals surface area contributed by atoms with Crippen molar-refractivity contribution in [2.24, 2.45) is 11.8 Å². The number of piperidine rings is 1. The topological polar surface area (TPSA) is 63.7 Å². The minimum absolute atomic E-state index is 0.0802. The van der Waals surface area contributed by atoms with Crippen molar-refractivity contribution in [3.63, 3.8) is 0 Å². The zero-order valence-electron chi connectivity index (χ0n) is 13.7. The van der Waals surface area contributed by atoms with Gasteiger partial charge in [-0.25, -0.2) is 0 Å². The third-order valence-corrected chi connectivity index (χ3v) is 5.36. The number of esters is 1. The van der Waals surface area contributed by atoms with E-state index in [0.29, 0.717) is 19.4 Å². The Morgan fingerprint density at radius 1 is 1.27 bits per heavy atom. The number of ketones is 1. The molecule has 3 fully saturated rings. The number of ether oxygens (including phenoxy) is 1. The van der Waals surface area contributed by atoms with E-state index in [1.165, 1.54) is 0 Å². The van der Waals surface area contributed by atoms with Crippen LogP contribution in [0.25, 0.3) is 0 Å². The van der Waals surface area contributed by atoms with Crippen molar-refractivity contribution < 1.29 is 19.1 Å². The summed E-state index contributed by atoms with van der Waals surface area (Å²) < 4.78 is 5.40. The summed E-state index contributed by atoms with van der Waals surface area (Å²) in [5.41, 5.74) is -0.615. The predicted molar refractivity (Wildman–Crippen MR) is 80.0 cm³/mol. The largest absolute Gasteiger partial charge is 0.460 e. The van der Waals surface area contributed by atoms with Gasteiger partial charge in [0, 0.05) is 30.8 Å². The number of amides is 1. The molecule has 2 saturated heterocycles. The van der Waals surface area contributed by atoms with Crippen molar-refractivity contribution in [3.05, 3.63) is 0 Å². The van der Waals surface area contributed by atoms with Crippen molar-refractivity contribution in [2.45, 2.75) is 70.4 Å². The Hall–Kier alpha value is -1.39. The first-order valence-electron chi connectivity index (χ1n) is 8.25. The lowest BCUT2D eigenvalue weighted by molar-refractivity contribution is -0.161. The van der Waals surface area contributed by atoms with Crippen molar-refractivity contribution in [1.82, 2.24) is 4.90 Å². The normalized spacial score (nSPS) is 34.6. The molecule has 0 radical (unpaired) electrons. The first-order valence-corrected chi connectivity index (χ1v) is 8.25. The van der Waals surface area contributed by atoms with Gasteiger partial charge in [-0.1, -0.05) is 0 Å². The Morgan fingerprint density at radius 3 is 2.64 bits per heavy atom. The molecule has 2 bridgehead atoms. The standard InChI is InChI=1S/C17H25NO4/c1-16(2,3)22-15(21)8-11-10-18-14(20)5-7-17(18)6-4-13(19)12(11)9-17/h11-12H,4-10H2,1-3H3/t11-,12?,17?/m1/s1. The molecule has 2 heterocycles. The lowest BCUT2D eigenvalue weighted by Crippen LogP contribution is -2.59. The van der Waals surface area contributed by atoms with Gasteiger partial charge in [-0.3, -0.25) is 14.4 Å². The molecule has 0 aromatic rings. The molecule has 0 aromatic carbocycles. The number of hydrogen-bond acceptors (Lipinski definition) is 4. The summed E-state index contributed by atoms with van der Waals surface area (Å²) in [4.78, 5) is 38.6. The van der Waals surface area contributed by atoms with Gasteiger partial charge in [-0.05, 0) is 46.0 Å². The van der Waals surface area contributed by atoms with E-state index in [9.17, 15) is 14.4 Å². The number of hydrogen-bond donors (Lipinski definition) is 0. The zero-order valence-corrected chi connectivity index (χ0v) is 13.7. The highest BCUT2D eigenvalue weighted by Crippen LogP contribution is 2.50. The van der Waals surface area contributed by atoms with E-state index in [1.54, 1.807) is 0 Å². The summed E-state index contributed by atoms with van der Waals surface area (Å²) in [6.45, 7) is 6.06. The monoisotopic (exact) mass is 307 g/mol. The van der Waals surface area contributed by atoms with Crippen LogP contribution < -0.4 is 0 Å². The number of nitrogens with zero attached hydrogens (tertiary/aromatic N) is 1. The molecular weight excluding hydrogens is 282 g/mol. The maximum atomic E-state index is 12.3. The Kier molecular flexibility index (Phi) is 3.57. The minimum Gasteiger partial charge on any atom is -0.460 e. The van der Waals surface area contributed by atoms with Crippen molar-refractivity contribution >= 4 is 17.7 Å². The number of fused-ring (bicyclic) bond motifs is 1. The SMILES string of the molecule is CC(C)(C)OC(=O)C[C@@H]1CN2C(=O)CCC23CCC(=O)C1C3. The molecule has 3 atom stereocenters. The van der Waals surface area contributed by atoms with Crippen LogP contribution >= 0.6 is 0 Å². The van der Waals surface area contributed by atoms with Crippen LogP contribution in [-0.2, 0) is 19.1 Å². The average Bonchev–Trinajstić information content (AvgIpc) is 2.70. The van der Waals surface area contributed by atoms with E-state index in [4.69, 9.17) is 4.74 Å². The summed E-state index contributed by atoms with van der Waals surface area (Å²) in [7, 11) is 0. The molecule has 0 N–H and O–H groups in total. The first-order chi connectivity index (χ1) is 10.2. The second-order valence-electron chi connectivity index (χ2n) is 8.06. The van der Waals surface area contributed by atoms with Crippen LogP contribution in [0.5, 0.6) is 0 Å². The number of Topliss-reactive ketones (excluding diaryl/α,β-unsaturated/α-hetero) is 1. The van der Waals surface area contributed by atoms with Gasteiger partial charge in [0.1, 0.15) is 11.4 Å². The molecule has 1 spiro atoms. The van der Waals surface area contributed by atoms with Gasteiger partial charge in [-0.2, -0.15) is 0 Å². The summed E-state index contributed by atoms with van der Waals surface area (Å²) >= 11 is 0. The van der Waals surface area contributed by atoms with Gasteiger partial charge in [0.05, 0.1) is 6.42 Å². The number of rotatable bonds is 2. The zero-order chi connectivity index (χ0) is 16.1. The summed E-state index contributed by atoms with van der Waals surface area (Å²) in [5.74, 6) is 0.0106. The van der Waals surface area contributed by atoms with Crippen LogP contribution in [0.4, 0.5) is 0 Å². The van der Waals surface area contributed by atoms with Gasteiger partial charge in [0.25, 0.3) is 0 Å². The summed E-state index contributed by atoms with van der Waals surface area (Å²) in [6.07, 6.45) is 3.76. The minimum atomic E-state index is -0.518. The van der Waals surface area contributed by atoms with Crippen molar-refractivity contribution in [3.8, 4) is 0 Å². The lowest BCUT2D eigenvalue weighted by atomic mass is 9.65. The molecule has 3 aliphatic rings. The highest BCUT2D eigenvalue weighted by molar-refractivity contribution is 5.86. The van der Waals surface area contributed by atoms with Gasteiger partial charge < -0.3 is 9.64 Å². The van der Waals surface area contributed by atoms with Gasteiger partial charge >= 0.3 is 5.97 Å². The van der Waals surface area contributed by atoms with E-state index < -0.39 is 5.60 Å². The molecule has 2 aliphatic heterocycles. The third-order valence-electron chi connectivity index (χ3n) is 5.36. The van der Waals surface area contributed by atoms with Crippen LogP contribution in [0.1, 0.15) is 59.3 Å². The van der Waals surface area contributed by atoms with Crippen LogP contribution in [0, 0.1) is 11.8 Å². The maximum absolute atomic E-state index is 12.3. The molecule has 1 amide bonds. The average molecular weight is 307 g/mol. The molecule has 5 nitrogen and oxygen atoms in total. The fourth-order valence-corrected chi connectivity index (χ4v) is 4.40. The fraction of sp³-hybridized carbons (Fsp3) is 0.824. The molecule has 5 heteroatoms. The molecular formula is C17H25NO4. The van der Waals surface area contributed by atoms with E-state index in [2.05, 4.69) is 0 Å². The number of carbonyl (C=O) groups is 3. The fourth-order valence-electron chi connectivity index (χ4n) is 4.40. The molecule has 2 unspecified atom stereocenters. The van der Waals surface area contributed by atoms with Crippen LogP contribution in [0.3, 0.4) is 0 Å². The molecule has 122 valence electrons. The van der Waals surface area contributed by atoms with E-state index in [-0.39, 0.29) is 41.5 Å². The summed E-state index contributed by atoms with van der Waals surface area (Å²) in [5, 5.41) is 0. The Labute approximate surface area is 131 Å².